The van der Waals surface area contributed by atoms with Gasteiger partial charge < -0.3 is 10.6 Å². The van der Waals surface area contributed by atoms with Crippen LogP contribution in [0.15, 0.2) is 17.0 Å². The molecule has 2 aliphatic carbocycles. The molecule has 0 spiro atoms. The standard InChI is InChI=1S/C19H27N3O2S/c23-17(20-11-10-14-6-2-1-3-7-14)12-16-13-25-19(21-16)22-18(24)15-8-4-5-9-15/h6,13,15H,1-5,7-12H2,(H,20,23)(H,21,22,24). The van der Waals surface area contributed by atoms with Crippen molar-refractivity contribution in [3.63, 3.8) is 0 Å². The van der Waals surface area contributed by atoms with Crippen LogP contribution in [0.2, 0.25) is 0 Å². The summed E-state index contributed by atoms with van der Waals surface area (Å²) in [6, 6.07) is 0. The lowest BCUT2D eigenvalue weighted by molar-refractivity contribution is -0.120. The van der Waals surface area contributed by atoms with Gasteiger partial charge in [0.15, 0.2) is 5.13 Å². The summed E-state index contributed by atoms with van der Waals surface area (Å²) < 4.78 is 0. The average Bonchev–Trinajstić information content (AvgIpc) is 3.28. The Bertz CT molecular complexity index is 632. The average molecular weight is 362 g/mol. The maximum absolute atomic E-state index is 12.1. The van der Waals surface area contributed by atoms with Crippen molar-refractivity contribution in [2.75, 3.05) is 11.9 Å². The van der Waals surface area contributed by atoms with Gasteiger partial charge in [0.1, 0.15) is 0 Å². The molecule has 1 aromatic heterocycles. The van der Waals surface area contributed by atoms with E-state index in [-0.39, 0.29) is 24.2 Å². The molecule has 5 nitrogen and oxygen atoms in total. The van der Waals surface area contributed by atoms with Crippen LogP contribution in [0.1, 0.15) is 63.5 Å². The summed E-state index contributed by atoms with van der Waals surface area (Å²) in [6.07, 6.45) is 12.7. The van der Waals surface area contributed by atoms with Crippen molar-refractivity contribution in [1.29, 1.82) is 0 Å². The minimum absolute atomic E-state index is 0.00428. The second-order valence-corrected chi connectivity index (χ2v) is 7.86. The highest BCUT2D eigenvalue weighted by molar-refractivity contribution is 7.13. The molecule has 1 aromatic rings. The highest BCUT2D eigenvalue weighted by Gasteiger charge is 2.23. The number of rotatable bonds is 7. The van der Waals surface area contributed by atoms with E-state index >= 15 is 0 Å². The van der Waals surface area contributed by atoms with Crippen molar-refractivity contribution in [3.8, 4) is 0 Å². The number of amides is 2. The van der Waals surface area contributed by atoms with E-state index in [4.69, 9.17) is 0 Å². The predicted molar refractivity (Wildman–Crippen MR) is 101 cm³/mol. The maximum Gasteiger partial charge on any atom is 0.229 e. The van der Waals surface area contributed by atoms with Crippen LogP contribution in [-0.2, 0) is 16.0 Å². The van der Waals surface area contributed by atoms with Crippen LogP contribution in [0, 0.1) is 5.92 Å². The number of aromatic nitrogens is 1. The number of carbonyl (C=O) groups is 2. The first-order valence-corrected chi connectivity index (χ1v) is 10.3. The van der Waals surface area contributed by atoms with Crippen molar-refractivity contribution in [1.82, 2.24) is 10.3 Å². The molecule has 0 aliphatic heterocycles. The third kappa shape index (κ3) is 5.66. The highest BCUT2D eigenvalue weighted by atomic mass is 32.1. The zero-order chi connectivity index (χ0) is 17.5. The minimum Gasteiger partial charge on any atom is -0.355 e. The topological polar surface area (TPSA) is 71.1 Å². The van der Waals surface area contributed by atoms with Crippen molar-refractivity contribution in [2.45, 2.75) is 64.2 Å². The molecule has 0 atom stereocenters. The van der Waals surface area contributed by atoms with Gasteiger partial charge in [0.2, 0.25) is 11.8 Å². The normalized spacial score (nSPS) is 18.0. The number of hydrogen-bond acceptors (Lipinski definition) is 4. The van der Waals surface area contributed by atoms with Crippen LogP contribution in [0.4, 0.5) is 5.13 Å². The summed E-state index contributed by atoms with van der Waals surface area (Å²) >= 11 is 1.39. The Labute approximate surface area is 153 Å². The Morgan fingerprint density at radius 3 is 2.80 bits per heavy atom. The smallest absolute Gasteiger partial charge is 0.229 e. The molecule has 25 heavy (non-hydrogen) atoms. The SMILES string of the molecule is O=C(Cc1csc(NC(=O)C2CCCC2)n1)NCCC1=CCCCC1. The Morgan fingerprint density at radius 1 is 1.20 bits per heavy atom. The van der Waals surface area contributed by atoms with E-state index in [2.05, 4.69) is 21.7 Å². The van der Waals surface area contributed by atoms with Gasteiger partial charge in [-0.1, -0.05) is 24.5 Å². The van der Waals surface area contributed by atoms with Gasteiger partial charge in [-0.15, -0.1) is 11.3 Å². The molecule has 3 rings (SSSR count). The number of allylic oxidation sites excluding steroid dienone is 1. The molecule has 1 fully saturated rings. The summed E-state index contributed by atoms with van der Waals surface area (Å²) in [5.74, 6) is 0.198. The third-order valence-electron chi connectivity index (χ3n) is 5.00. The fourth-order valence-electron chi connectivity index (χ4n) is 3.56. The van der Waals surface area contributed by atoms with Gasteiger partial charge in [-0.25, -0.2) is 4.98 Å². The second kappa shape index (κ2) is 9.13. The van der Waals surface area contributed by atoms with Gasteiger partial charge in [-0.3, -0.25) is 9.59 Å². The zero-order valence-electron chi connectivity index (χ0n) is 14.7. The Morgan fingerprint density at radius 2 is 2.04 bits per heavy atom. The van der Waals surface area contributed by atoms with Crippen molar-refractivity contribution < 1.29 is 9.59 Å². The molecule has 1 heterocycles. The second-order valence-electron chi connectivity index (χ2n) is 7.00. The summed E-state index contributed by atoms with van der Waals surface area (Å²) in [5, 5.41) is 8.32. The van der Waals surface area contributed by atoms with Crippen LogP contribution < -0.4 is 10.6 Å². The summed E-state index contributed by atoms with van der Waals surface area (Å²) in [7, 11) is 0. The summed E-state index contributed by atoms with van der Waals surface area (Å²) in [5.41, 5.74) is 2.19. The van der Waals surface area contributed by atoms with Gasteiger partial charge in [0, 0.05) is 17.8 Å². The molecular formula is C19H27N3O2S. The maximum atomic E-state index is 12.1. The first-order valence-electron chi connectivity index (χ1n) is 9.40. The predicted octanol–water partition coefficient (Wildman–Crippen LogP) is 3.82. The molecule has 0 saturated heterocycles. The van der Waals surface area contributed by atoms with E-state index in [1.807, 2.05) is 5.38 Å². The van der Waals surface area contributed by atoms with E-state index < -0.39 is 0 Å². The molecular weight excluding hydrogens is 334 g/mol. The van der Waals surface area contributed by atoms with Crippen LogP contribution in [-0.4, -0.2) is 23.3 Å². The lowest BCUT2D eigenvalue weighted by Crippen LogP contribution is -2.26. The summed E-state index contributed by atoms with van der Waals surface area (Å²) in [4.78, 5) is 28.5. The van der Waals surface area contributed by atoms with Crippen LogP contribution >= 0.6 is 11.3 Å². The largest absolute Gasteiger partial charge is 0.355 e. The lowest BCUT2D eigenvalue weighted by atomic mass is 9.97. The molecule has 2 amide bonds. The number of carbonyl (C=O) groups excluding carboxylic acids is 2. The number of thiazole rings is 1. The molecule has 2 aliphatic rings. The number of nitrogens with zero attached hydrogens (tertiary/aromatic N) is 1. The van der Waals surface area contributed by atoms with Crippen molar-refractivity contribution >= 4 is 28.3 Å². The Hall–Kier alpha value is -1.69. The van der Waals surface area contributed by atoms with Gasteiger partial charge in [-0.2, -0.15) is 0 Å². The van der Waals surface area contributed by atoms with Gasteiger partial charge in [0.25, 0.3) is 0 Å². The molecule has 0 radical (unpaired) electrons. The molecule has 0 aromatic carbocycles. The van der Waals surface area contributed by atoms with Gasteiger partial charge in [0.05, 0.1) is 12.1 Å². The van der Waals surface area contributed by atoms with Crippen molar-refractivity contribution in [2.24, 2.45) is 5.92 Å². The van der Waals surface area contributed by atoms with Gasteiger partial charge in [-0.05, 0) is 44.9 Å². The fraction of sp³-hybridized carbons (Fsp3) is 0.632. The van der Waals surface area contributed by atoms with E-state index in [0.29, 0.717) is 11.7 Å². The first-order chi connectivity index (χ1) is 12.2. The quantitative estimate of drug-likeness (QED) is 0.725. The third-order valence-corrected chi connectivity index (χ3v) is 5.81. The van der Waals surface area contributed by atoms with Crippen LogP contribution in [0.3, 0.4) is 0 Å². The number of anilines is 1. The van der Waals surface area contributed by atoms with Crippen LogP contribution in [0.25, 0.3) is 0 Å². The van der Waals surface area contributed by atoms with E-state index in [0.717, 1.165) is 37.8 Å². The van der Waals surface area contributed by atoms with Crippen LogP contribution in [0.5, 0.6) is 0 Å². The molecule has 0 bridgehead atoms. The molecule has 1 saturated carbocycles. The number of hydrogen-bond donors (Lipinski definition) is 2. The molecule has 6 heteroatoms. The van der Waals surface area contributed by atoms with Gasteiger partial charge >= 0.3 is 0 Å². The van der Waals surface area contributed by atoms with E-state index in [1.54, 1.807) is 0 Å². The first kappa shape index (κ1) is 18.1. The molecule has 0 unspecified atom stereocenters. The summed E-state index contributed by atoms with van der Waals surface area (Å²) in [6.45, 7) is 0.695. The number of nitrogens with one attached hydrogen (secondary N) is 2. The van der Waals surface area contributed by atoms with Crippen molar-refractivity contribution in [3.05, 3.63) is 22.7 Å². The van der Waals surface area contributed by atoms with E-state index in [1.165, 1.54) is 42.6 Å². The molecule has 2 N–H and O–H groups in total. The molecule has 136 valence electrons. The Kier molecular flexibility index (Phi) is 6.62. The highest BCUT2D eigenvalue weighted by Crippen LogP contribution is 2.26. The minimum atomic E-state index is -0.00428. The monoisotopic (exact) mass is 361 g/mol. The van der Waals surface area contributed by atoms with E-state index in [9.17, 15) is 9.59 Å². The lowest BCUT2D eigenvalue weighted by Gasteiger charge is -2.12. The fourth-order valence-corrected chi connectivity index (χ4v) is 4.28. The Balaban J connectivity index is 1.39. The zero-order valence-corrected chi connectivity index (χ0v) is 15.5.